The second-order valence-electron chi connectivity index (χ2n) is 7.94. The standard InChI is InChI=1S/C21H26N4O4S2/c1-4-7-24-17-6-5-16(25(28)29)9-18(17)31-21(24)22-19(26)12-30-13-20(27)23-10-14(2)8-15(3)11-23/h4-6,9,14-15H,1,7-8,10-13H2,2-3H3. The van der Waals surface area contributed by atoms with Gasteiger partial charge in [-0.1, -0.05) is 31.3 Å². The molecule has 10 heteroatoms. The van der Waals surface area contributed by atoms with Gasteiger partial charge in [0.15, 0.2) is 4.80 Å². The normalized spacial score (nSPS) is 19.5. The number of fused-ring (bicyclic) bond motifs is 1. The van der Waals surface area contributed by atoms with Gasteiger partial charge in [-0.25, -0.2) is 0 Å². The molecule has 1 aliphatic rings. The zero-order chi connectivity index (χ0) is 22.5. The summed E-state index contributed by atoms with van der Waals surface area (Å²) in [5.74, 6) is 1.08. The molecule has 0 aliphatic carbocycles. The third-order valence-electron chi connectivity index (χ3n) is 5.08. The number of allylic oxidation sites excluding steroid dienone is 1. The third kappa shape index (κ3) is 5.82. The van der Waals surface area contributed by atoms with Gasteiger partial charge >= 0.3 is 0 Å². The first-order chi connectivity index (χ1) is 14.8. The molecule has 2 heterocycles. The zero-order valence-electron chi connectivity index (χ0n) is 17.7. The number of hydrogen-bond donors (Lipinski definition) is 0. The van der Waals surface area contributed by atoms with Crippen LogP contribution in [0, 0.1) is 22.0 Å². The predicted octanol–water partition coefficient (Wildman–Crippen LogP) is 3.46. The molecule has 0 spiro atoms. The van der Waals surface area contributed by atoms with Crippen LogP contribution in [0.4, 0.5) is 5.69 Å². The van der Waals surface area contributed by atoms with E-state index in [0.717, 1.165) is 25.0 Å². The summed E-state index contributed by atoms with van der Waals surface area (Å²) in [6.07, 6.45) is 2.82. The van der Waals surface area contributed by atoms with Crippen LogP contribution in [-0.2, 0) is 16.1 Å². The fourth-order valence-electron chi connectivity index (χ4n) is 3.89. The first kappa shape index (κ1) is 23.2. The number of nitrogens with zero attached hydrogens (tertiary/aromatic N) is 4. The first-order valence-electron chi connectivity index (χ1n) is 10.1. The first-order valence-corrected chi connectivity index (χ1v) is 12.1. The fourth-order valence-corrected chi connectivity index (χ4v) is 5.68. The summed E-state index contributed by atoms with van der Waals surface area (Å²) in [4.78, 5) is 42.0. The van der Waals surface area contributed by atoms with Gasteiger partial charge in [0.05, 0.1) is 26.6 Å². The van der Waals surface area contributed by atoms with Gasteiger partial charge in [-0.05, 0) is 24.3 Å². The molecule has 2 unspecified atom stereocenters. The van der Waals surface area contributed by atoms with Crippen LogP contribution in [-0.4, -0.2) is 50.8 Å². The summed E-state index contributed by atoms with van der Waals surface area (Å²) in [7, 11) is 0. The average Bonchev–Trinajstić information content (AvgIpc) is 3.03. The minimum absolute atomic E-state index is 0.00667. The van der Waals surface area contributed by atoms with Gasteiger partial charge in [-0.2, -0.15) is 4.99 Å². The number of amides is 2. The maximum atomic E-state index is 12.5. The number of rotatable bonds is 7. The van der Waals surface area contributed by atoms with Crippen molar-refractivity contribution in [3.8, 4) is 0 Å². The molecule has 1 aliphatic heterocycles. The predicted molar refractivity (Wildman–Crippen MR) is 124 cm³/mol. The van der Waals surface area contributed by atoms with E-state index >= 15 is 0 Å². The van der Waals surface area contributed by atoms with Gasteiger partial charge in [-0.15, -0.1) is 18.3 Å². The number of non-ortho nitro benzene ring substituents is 1. The fraction of sp³-hybridized carbons (Fsp3) is 0.476. The quantitative estimate of drug-likeness (QED) is 0.357. The van der Waals surface area contributed by atoms with Crippen molar-refractivity contribution in [1.82, 2.24) is 9.47 Å². The number of benzene rings is 1. The van der Waals surface area contributed by atoms with Crippen LogP contribution >= 0.6 is 23.1 Å². The molecule has 31 heavy (non-hydrogen) atoms. The molecule has 0 saturated carbocycles. The molecule has 3 rings (SSSR count). The SMILES string of the molecule is C=CCn1c(=NC(=O)CSCC(=O)N2CC(C)CC(C)C2)sc2cc([N+](=O)[O-])ccc21. The van der Waals surface area contributed by atoms with Crippen molar-refractivity contribution in [2.75, 3.05) is 24.6 Å². The van der Waals surface area contributed by atoms with Crippen molar-refractivity contribution in [1.29, 1.82) is 0 Å². The second-order valence-corrected chi connectivity index (χ2v) is 9.93. The highest BCUT2D eigenvalue weighted by Gasteiger charge is 2.25. The lowest BCUT2D eigenvalue weighted by Crippen LogP contribution is -2.43. The molecule has 1 aromatic carbocycles. The Labute approximate surface area is 188 Å². The molecule has 1 aromatic heterocycles. The monoisotopic (exact) mass is 462 g/mol. The van der Waals surface area contributed by atoms with E-state index < -0.39 is 4.92 Å². The van der Waals surface area contributed by atoms with E-state index in [1.54, 1.807) is 16.7 Å². The van der Waals surface area contributed by atoms with Crippen LogP contribution in [0.2, 0.25) is 0 Å². The Kier molecular flexibility index (Phi) is 7.66. The molecular formula is C21H26N4O4S2. The van der Waals surface area contributed by atoms with E-state index in [4.69, 9.17) is 0 Å². The number of carbonyl (C=O) groups is 2. The number of hydrogen-bond acceptors (Lipinski definition) is 6. The minimum Gasteiger partial charge on any atom is -0.341 e. The maximum Gasteiger partial charge on any atom is 0.270 e. The van der Waals surface area contributed by atoms with Crippen molar-refractivity contribution >= 4 is 50.8 Å². The third-order valence-corrected chi connectivity index (χ3v) is 7.03. The van der Waals surface area contributed by atoms with Gasteiger partial charge in [0.25, 0.3) is 11.6 Å². The van der Waals surface area contributed by atoms with E-state index in [1.165, 1.54) is 35.2 Å². The van der Waals surface area contributed by atoms with Crippen molar-refractivity contribution in [3.05, 3.63) is 45.8 Å². The summed E-state index contributed by atoms with van der Waals surface area (Å²) in [5.41, 5.74) is 0.756. The number of nitro groups is 1. The van der Waals surface area contributed by atoms with E-state index in [9.17, 15) is 19.7 Å². The summed E-state index contributed by atoms with van der Waals surface area (Å²) in [6.45, 7) is 10.0. The maximum absolute atomic E-state index is 12.5. The highest BCUT2D eigenvalue weighted by molar-refractivity contribution is 8.00. The number of nitro benzene ring substituents is 1. The number of carbonyl (C=O) groups excluding carboxylic acids is 2. The van der Waals surface area contributed by atoms with Gasteiger partial charge in [-0.3, -0.25) is 19.7 Å². The summed E-state index contributed by atoms with van der Waals surface area (Å²) < 4.78 is 2.49. The van der Waals surface area contributed by atoms with Crippen molar-refractivity contribution < 1.29 is 14.5 Å². The van der Waals surface area contributed by atoms with E-state index in [0.29, 0.717) is 27.9 Å². The summed E-state index contributed by atoms with van der Waals surface area (Å²) >= 11 is 2.49. The number of piperidine rings is 1. The topological polar surface area (TPSA) is 97.8 Å². The minimum atomic E-state index is -0.448. The molecule has 0 radical (unpaired) electrons. The Morgan fingerprint density at radius 3 is 2.68 bits per heavy atom. The van der Waals surface area contributed by atoms with E-state index in [1.807, 2.05) is 4.90 Å². The lowest BCUT2D eigenvalue weighted by Gasteiger charge is -2.35. The Morgan fingerprint density at radius 1 is 1.32 bits per heavy atom. The van der Waals surface area contributed by atoms with Crippen LogP contribution in [0.25, 0.3) is 10.2 Å². The van der Waals surface area contributed by atoms with Gasteiger partial charge < -0.3 is 9.47 Å². The molecule has 2 atom stereocenters. The van der Waals surface area contributed by atoms with Crippen molar-refractivity contribution in [2.24, 2.45) is 16.8 Å². The highest BCUT2D eigenvalue weighted by atomic mass is 32.2. The summed E-state index contributed by atoms with van der Waals surface area (Å²) in [5, 5.41) is 11.0. The second kappa shape index (κ2) is 10.2. The Morgan fingerprint density at radius 2 is 2.03 bits per heavy atom. The molecule has 0 N–H and O–H groups in total. The van der Waals surface area contributed by atoms with Crippen LogP contribution in [0.5, 0.6) is 0 Å². The van der Waals surface area contributed by atoms with Crippen LogP contribution < -0.4 is 4.80 Å². The van der Waals surface area contributed by atoms with Gasteiger partial charge in [0, 0.05) is 31.8 Å². The lowest BCUT2D eigenvalue weighted by atomic mass is 9.92. The molecule has 166 valence electrons. The number of likely N-dealkylation sites (tertiary alicyclic amines) is 1. The Hall–Kier alpha value is -2.46. The average molecular weight is 463 g/mol. The molecule has 2 amide bonds. The molecule has 2 aromatic rings. The Bertz CT molecular complexity index is 1070. The smallest absolute Gasteiger partial charge is 0.270 e. The van der Waals surface area contributed by atoms with Gasteiger partial charge in [0.1, 0.15) is 0 Å². The number of thiazole rings is 1. The molecule has 8 nitrogen and oxygen atoms in total. The largest absolute Gasteiger partial charge is 0.341 e. The highest BCUT2D eigenvalue weighted by Crippen LogP contribution is 2.24. The molecular weight excluding hydrogens is 436 g/mol. The summed E-state index contributed by atoms with van der Waals surface area (Å²) in [6, 6.07) is 4.58. The Balaban J connectivity index is 1.68. The van der Waals surface area contributed by atoms with Gasteiger partial charge in [0.2, 0.25) is 5.91 Å². The zero-order valence-corrected chi connectivity index (χ0v) is 19.3. The van der Waals surface area contributed by atoms with Crippen LogP contribution in [0.1, 0.15) is 20.3 Å². The van der Waals surface area contributed by atoms with Crippen molar-refractivity contribution in [2.45, 2.75) is 26.8 Å². The number of thioether (sulfide) groups is 1. The molecule has 1 fully saturated rings. The lowest BCUT2D eigenvalue weighted by molar-refractivity contribution is -0.384. The van der Waals surface area contributed by atoms with Crippen molar-refractivity contribution in [3.63, 3.8) is 0 Å². The van der Waals surface area contributed by atoms with Crippen LogP contribution in [0.3, 0.4) is 0 Å². The van der Waals surface area contributed by atoms with E-state index in [-0.39, 0.29) is 29.0 Å². The number of aromatic nitrogens is 1. The van der Waals surface area contributed by atoms with Crippen LogP contribution in [0.15, 0.2) is 35.8 Å². The molecule has 1 saturated heterocycles. The van der Waals surface area contributed by atoms with E-state index in [2.05, 4.69) is 25.4 Å². The molecule has 0 bridgehead atoms.